The van der Waals surface area contributed by atoms with Crippen LogP contribution in [0.1, 0.15) is 16.7 Å². The standard InChI is InChI=1S/C21H18I2N2O3S/c1-15-7-9-18(10-8-15)29(26,27)25-24-13-17-11-19(22)21(20(23)12-17)28-14-16-5-3-2-4-6-16/h2-13,25H,14H2,1H3/b24-13-. The molecule has 0 fully saturated rings. The summed E-state index contributed by atoms with van der Waals surface area (Å²) in [5.74, 6) is 0.799. The van der Waals surface area contributed by atoms with Crippen molar-refractivity contribution in [2.24, 2.45) is 5.10 Å². The van der Waals surface area contributed by atoms with Crippen molar-refractivity contribution in [2.45, 2.75) is 18.4 Å². The van der Waals surface area contributed by atoms with Gasteiger partial charge in [-0.25, -0.2) is 4.83 Å². The summed E-state index contributed by atoms with van der Waals surface area (Å²) < 4.78 is 32.4. The first-order valence-electron chi connectivity index (χ1n) is 8.62. The average Bonchev–Trinajstić information content (AvgIpc) is 2.68. The fraction of sp³-hybridized carbons (Fsp3) is 0.0952. The minimum Gasteiger partial charge on any atom is -0.487 e. The molecule has 5 nitrogen and oxygen atoms in total. The van der Waals surface area contributed by atoms with Crippen LogP contribution in [0.3, 0.4) is 0 Å². The Kier molecular flexibility index (Phi) is 7.52. The van der Waals surface area contributed by atoms with E-state index in [0.717, 1.165) is 29.6 Å². The van der Waals surface area contributed by atoms with Crippen LogP contribution in [0, 0.1) is 14.1 Å². The quantitative estimate of drug-likeness (QED) is 0.224. The van der Waals surface area contributed by atoms with E-state index in [1.165, 1.54) is 6.21 Å². The molecule has 0 aliphatic heterocycles. The highest BCUT2D eigenvalue weighted by Gasteiger charge is 2.12. The lowest BCUT2D eigenvalue weighted by atomic mass is 10.2. The molecule has 0 aliphatic carbocycles. The Balaban J connectivity index is 1.69. The molecular formula is C21H18I2N2O3S. The number of aryl methyl sites for hydroxylation is 1. The molecule has 0 saturated heterocycles. The van der Waals surface area contributed by atoms with Gasteiger partial charge in [-0.2, -0.15) is 13.5 Å². The summed E-state index contributed by atoms with van der Waals surface area (Å²) in [6.45, 7) is 2.38. The first-order valence-corrected chi connectivity index (χ1v) is 12.3. The molecule has 0 heterocycles. The topological polar surface area (TPSA) is 67.8 Å². The highest BCUT2D eigenvalue weighted by atomic mass is 127. The van der Waals surface area contributed by atoms with Gasteiger partial charge in [-0.15, -0.1) is 0 Å². The van der Waals surface area contributed by atoms with Crippen molar-refractivity contribution in [1.82, 2.24) is 4.83 Å². The molecule has 29 heavy (non-hydrogen) atoms. The predicted octanol–water partition coefficient (Wildman–Crippen LogP) is 5.10. The number of hydrogen-bond donors (Lipinski definition) is 1. The van der Waals surface area contributed by atoms with E-state index < -0.39 is 10.0 Å². The van der Waals surface area contributed by atoms with Gasteiger partial charge in [-0.05, 0) is 87.5 Å². The number of ether oxygens (including phenoxy) is 1. The maximum atomic E-state index is 12.3. The molecule has 0 aromatic heterocycles. The van der Waals surface area contributed by atoms with Crippen molar-refractivity contribution >= 4 is 61.4 Å². The van der Waals surface area contributed by atoms with Crippen molar-refractivity contribution < 1.29 is 13.2 Å². The van der Waals surface area contributed by atoms with Gasteiger partial charge in [0.05, 0.1) is 18.3 Å². The van der Waals surface area contributed by atoms with Gasteiger partial charge < -0.3 is 4.74 Å². The van der Waals surface area contributed by atoms with E-state index in [9.17, 15) is 8.42 Å². The molecule has 1 N–H and O–H groups in total. The van der Waals surface area contributed by atoms with Crippen LogP contribution in [0.4, 0.5) is 0 Å². The van der Waals surface area contributed by atoms with Gasteiger partial charge in [0.25, 0.3) is 10.0 Å². The largest absolute Gasteiger partial charge is 0.487 e. The average molecular weight is 632 g/mol. The molecule has 0 radical (unpaired) electrons. The van der Waals surface area contributed by atoms with Crippen LogP contribution in [0.25, 0.3) is 0 Å². The predicted molar refractivity (Wildman–Crippen MR) is 132 cm³/mol. The van der Waals surface area contributed by atoms with Crippen molar-refractivity contribution in [3.05, 3.63) is 90.6 Å². The minimum absolute atomic E-state index is 0.175. The van der Waals surface area contributed by atoms with Gasteiger partial charge >= 0.3 is 0 Å². The number of hydrazone groups is 1. The molecule has 0 amide bonds. The van der Waals surface area contributed by atoms with E-state index >= 15 is 0 Å². The molecule has 0 spiro atoms. The molecule has 150 valence electrons. The molecule has 3 rings (SSSR count). The van der Waals surface area contributed by atoms with Gasteiger partial charge in [0, 0.05) is 0 Å². The van der Waals surface area contributed by atoms with E-state index in [2.05, 4.69) is 55.1 Å². The SMILES string of the molecule is Cc1ccc(S(=O)(=O)N/N=C\c2cc(I)c(OCc3ccccc3)c(I)c2)cc1. The maximum Gasteiger partial charge on any atom is 0.276 e. The molecular weight excluding hydrogens is 614 g/mol. The highest BCUT2D eigenvalue weighted by Crippen LogP contribution is 2.29. The second kappa shape index (κ2) is 9.90. The van der Waals surface area contributed by atoms with Gasteiger partial charge in [-0.3, -0.25) is 0 Å². The van der Waals surface area contributed by atoms with Crippen LogP contribution >= 0.6 is 45.2 Å². The zero-order valence-electron chi connectivity index (χ0n) is 15.5. The lowest BCUT2D eigenvalue weighted by Crippen LogP contribution is -2.18. The van der Waals surface area contributed by atoms with Crippen molar-refractivity contribution in [1.29, 1.82) is 0 Å². The third kappa shape index (κ3) is 6.16. The zero-order chi connectivity index (χ0) is 20.9. The number of hydrogen-bond acceptors (Lipinski definition) is 4. The molecule has 3 aromatic carbocycles. The van der Waals surface area contributed by atoms with E-state index in [0.29, 0.717) is 6.61 Å². The van der Waals surface area contributed by atoms with Crippen LogP contribution in [0.15, 0.2) is 76.7 Å². The molecule has 3 aromatic rings. The number of sulfonamides is 1. The van der Waals surface area contributed by atoms with E-state index in [1.54, 1.807) is 24.3 Å². The Hall–Kier alpha value is -1.66. The van der Waals surface area contributed by atoms with Gasteiger partial charge in [0.2, 0.25) is 0 Å². The van der Waals surface area contributed by atoms with Gasteiger partial charge in [0.1, 0.15) is 12.4 Å². The Morgan fingerprint density at radius 3 is 2.24 bits per heavy atom. The molecule has 8 heteroatoms. The fourth-order valence-electron chi connectivity index (χ4n) is 2.46. The van der Waals surface area contributed by atoms with Crippen LogP contribution in [-0.2, 0) is 16.6 Å². The van der Waals surface area contributed by atoms with Crippen LogP contribution < -0.4 is 9.57 Å². The summed E-state index contributed by atoms with van der Waals surface area (Å²) in [5.41, 5.74) is 2.86. The lowest BCUT2D eigenvalue weighted by Gasteiger charge is -2.11. The zero-order valence-corrected chi connectivity index (χ0v) is 20.6. The highest BCUT2D eigenvalue weighted by molar-refractivity contribution is 14.1. The second-order valence-electron chi connectivity index (χ2n) is 6.25. The van der Waals surface area contributed by atoms with Crippen LogP contribution in [-0.4, -0.2) is 14.6 Å². The van der Waals surface area contributed by atoms with Crippen molar-refractivity contribution in [3.8, 4) is 5.75 Å². The summed E-state index contributed by atoms with van der Waals surface area (Å²) in [7, 11) is -3.69. The Bertz CT molecular complexity index is 1090. The van der Waals surface area contributed by atoms with Crippen molar-refractivity contribution in [2.75, 3.05) is 0 Å². The van der Waals surface area contributed by atoms with E-state index in [-0.39, 0.29) is 4.90 Å². The Morgan fingerprint density at radius 2 is 1.62 bits per heavy atom. The third-order valence-corrected chi connectivity index (χ3v) is 6.81. The fourth-order valence-corrected chi connectivity index (χ4v) is 5.38. The third-order valence-electron chi connectivity index (χ3n) is 3.96. The number of nitrogens with zero attached hydrogens (tertiary/aromatic N) is 1. The summed E-state index contributed by atoms with van der Waals surface area (Å²) >= 11 is 4.41. The second-order valence-corrected chi connectivity index (χ2v) is 10.2. The number of benzene rings is 3. The van der Waals surface area contributed by atoms with E-state index in [4.69, 9.17) is 4.74 Å². The molecule has 0 bridgehead atoms. The molecule has 0 saturated carbocycles. The van der Waals surface area contributed by atoms with Crippen molar-refractivity contribution in [3.63, 3.8) is 0 Å². The monoisotopic (exact) mass is 632 g/mol. The van der Waals surface area contributed by atoms with E-state index in [1.807, 2.05) is 49.4 Å². The minimum atomic E-state index is -3.69. The first kappa shape index (κ1) is 22.0. The molecule has 0 atom stereocenters. The number of rotatable bonds is 7. The normalized spacial score (nSPS) is 11.6. The van der Waals surface area contributed by atoms with Crippen LogP contribution in [0.2, 0.25) is 0 Å². The smallest absolute Gasteiger partial charge is 0.276 e. The lowest BCUT2D eigenvalue weighted by molar-refractivity contribution is 0.302. The van der Waals surface area contributed by atoms with Gasteiger partial charge in [-0.1, -0.05) is 48.0 Å². The maximum absolute atomic E-state index is 12.3. The van der Waals surface area contributed by atoms with Crippen LogP contribution in [0.5, 0.6) is 5.75 Å². The van der Waals surface area contributed by atoms with Gasteiger partial charge in [0.15, 0.2) is 0 Å². The number of halogens is 2. The summed E-state index contributed by atoms with van der Waals surface area (Å²) in [6, 6.07) is 20.3. The Labute approximate surface area is 197 Å². The summed E-state index contributed by atoms with van der Waals surface area (Å²) in [4.78, 5) is 2.42. The molecule has 0 aliphatic rings. The summed E-state index contributed by atoms with van der Waals surface area (Å²) in [5, 5.41) is 3.91. The molecule has 0 unspecified atom stereocenters. The number of nitrogens with one attached hydrogen (secondary N) is 1. The summed E-state index contributed by atoms with van der Waals surface area (Å²) in [6.07, 6.45) is 1.48. The first-order chi connectivity index (χ1) is 13.8. The Morgan fingerprint density at radius 1 is 1.00 bits per heavy atom.